The standard InChI is InChI=1S/C11H12INO3/c1-2-3-10(14)13-9-5-7(11(15)16)4-8(12)6-9/h4-6H,2-3H2,1H3,(H,13,14)(H,15,16). The predicted octanol–water partition coefficient (Wildman–Crippen LogP) is 2.73. The van der Waals surface area contributed by atoms with Crippen LogP contribution < -0.4 is 5.32 Å². The van der Waals surface area contributed by atoms with Gasteiger partial charge in [0.25, 0.3) is 0 Å². The summed E-state index contributed by atoms with van der Waals surface area (Å²) in [6, 6.07) is 4.75. The van der Waals surface area contributed by atoms with Crippen molar-refractivity contribution in [2.75, 3.05) is 5.32 Å². The lowest BCUT2D eigenvalue weighted by Crippen LogP contribution is -2.11. The Morgan fingerprint density at radius 1 is 1.38 bits per heavy atom. The largest absolute Gasteiger partial charge is 0.478 e. The quantitative estimate of drug-likeness (QED) is 0.833. The van der Waals surface area contributed by atoms with Crippen molar-refractivity contribution in [3.8, 4) is 0 Å². The maximum absolute atomic E-state index is 11.3. The van der Waals surface area contributed by atoms with Crippen LogP contribution in [0.5, 0.6) is 0 Å². The zero-order valence-electron chi connectivity index (χ0n) is 8.79. The fourth-order valence-electron chi connectivity index (χ4n) is 1.24. The maximum atomic E-state index is 11.3. The molecule has 0 bridgehead atoms. The van der Waals surface area contributed by atoms with Crippen LogP contribution in [-0.2, 0) is 4.79 Å². The first-order chi connectivity index (χ1) is 7.52. The number of carboxylic acid groups (broad SMARTS) is 1. The number of hydrogen-bond acceptors (Lipinski definition) is 2. The third-order valence-electron chi connectivity index (χ3n) is 1.91. The second-order valence-corrected chi connectivity index (χ2v) is 4.58. The molecular formula is C11H12INO3. The van der Waals surface area contributed by atoms with Crippen LogP contribution in [-0.4, -0.2) is 17.0 Å². The molecule has 1 amide bonds. The molecule has 0 saturated carbocycles. The van der Waals surface area contributed by atoms with Crippen LogP contribution in [0.2, 0.25) is 0 Å². The van der Waals surface area contributed by atoms with Crippen molar-refractivity contribution in [2.24, 2.45) is 0 Å². The van der Waals surface area contributed by atoms with Crippen LogP contribution in [0.15, 0.2) is 18.2 Å². The molecule has 0 aliphatic heterocycles. The number of halogens is 1. The summed E-state index contributed by atoms with van der Waals surface area (Å²) in [5.41, 5.74) is 0.710. The minimum Gasteiger partial charge on any atom is -0.478 e. The van der Waals surface area contributed by atoms with Gasteiger partial charge >= 0.3 is 5.97 Å². The van der Waals surface area contributed by atoms with E-state index in [2.05, 4.69) is 5.32 Å². The highest BCUT2D eigenvalue weighted by Crippen LogP contribution is 2.17. The summed E-state index contributed by atoms with van der Waals surface area (Å²) in [5, 5.41) is 11.5. The van der Waals surface area contributed by atoms with E-state index < -0.39 is 5.97 Å². The smallest absolute Gasteiger partial charge is 0.335 e. The third-order valence-corrected chi connectivity index (χ3v) is 2.53. The number of carbonyl (C=O) groups is 2. The van der Waals surface area contributed by atoms with Gasteiger partial charge in [-0.15, -0.1) is 0 Å². The van der Waals surface area contributed by atoms with Gasteiger partial charge in [-0.05, 0) is 47.2 Å². The maximum Gasteiger partial charge on any atom is 0.335 e. The molecule has 1 rings (SSSR count). The second kappa shape index (κ2) is 5.83. The predicted molar refractivity (Wildman–Crippen MR) is 69.7 cm³/mol. The summed E-state index contributed by atoms with van der Waals surface area (Å²) in [6.07, 6.45) is 1.20. The van der Waals surface area contributed by atoms with E-state index in [1.807, 2.05) is 29.5 Å². The number of anilines is 1. The van der Waals surface area contributed by atoms with E-state index in [9.17, 15) is 9.59 Å². The molecule has 0 fully saturated rings. The Morgan fingerprint density at radius 2 is 2.06 bits per heavy atom. The number of rotatable bonds is 4. The van der Waals surface area contributed by atoms with Crippen molar-refractivity contribution in [2.45, 2.75) is 19.8 Å². The van der Waals surface area contributed by atoms with Crippen LogP contribution in [0.3, 0.4) is 0 Å². The first-order valence-corrected chi connectivity index (χ1v) is 5.94. The molecule has 0 radical (unpaired) electrons. The van der Waals surface area contributed by atoms with Crippen molar-refractivity contribution in [1.29, 1.82) is 0 Å². The molecule has 16 heavy (non-hydrogen) atoms. The van der Waals surface area contributed by atoms with Crippen LogP contribution in [0, 0.1) is 3.57 Å². The van der Waals surface area contributed by atoms with Gasteiger partial charge in [-0.25, -0.2) is 4.79 Å². The lowest BCUT2D eigenvalue weighted by molar-refractivity contribution is -0.116. The molecule has 1 aromatic carbocycles. The molecule has 2 N–H and O–H groups in total. The van der Waals surface area contributed by atoms with Crippen LogP contribution in [0.1, 0.15) is 30.1 Å². The van der Waals surface area contributed by atoms with Gasteiger partial charge in [0, 0.05) is 15.7 Å². The molecular weight excluding hydrogens is 321 g/mol. The zero-order valence-corrected chi connectivity index (χ0v) is 10.9. The van der Waals surface area contributed by atoms with Crippen LogP contribution >= 0.6 is 22.6 Å². The Balaban J connectivity index is 2.88. The molecule has 86 valence electrons. The molecule has 0 unspecified atom stereocenters. The van der Waals surface area contributed by atoms with Crippen molar-refractivity contribution >= 4 is 40.2 Å². The molecule has 4 nitrogen and oxygen atoms in total. The molecule has 0 spiro atoms. The van der Waals surface area contributed by atoms with Gasteiger partial charge in [0.05, 0.1) is 5.56 Å². The zero-order chi connectivity index (χ0) is 12.1. The molecule has 0 aliphatic carbocycles. The summed E-state index contributed by atoms with van der Waals surface area (Å²) in [5.74, 6) is -1.09. The number of amides is 1. The fraction of sp³-hybridized carbons (Fsp3) is 0.273. The number of carbonyl (C=O) groups excluding carboxylic acids is 1. The van der Waals surface area contributed by atoms with Crippen molar-refractivity contribution in [1.82, 2.24) is 0 Å². The Morgan fingerprint density at radius 3 is 2.62 bits per heavy atom. The minimum absolute atomic E-state index is 0.0964. The first-order valence-electron chi connectivity index (χ1n) is 4.86. The summed E-state index contributed by atoms with van der Waals surface area (Å²) >= 11 is 2.02. The average Bonchev–Trinajstić information content (AvgIpc) is 2.16. The number of aromatic carboxylic acids is 1. The molecule has 5 heteroatoms. The van der Waals surface area contributed by atoms with Crippen molar-refractivity contribution in [3.05, 3.63) is 27.3 Å². The summed E-state index contributed by atoms with van der Waals surface area (Å²) in [4.78, 5) is 22.1. The third kappa shape index (κ3) is 3.80. The van der Waals surface area contributed by atoms with Crippen molar-refractivity contribution < 1.29 is 14.7 Å². The highest BCUT2D eigenvalue weighted by atomic mass is 127. The van der Waals surface area contributed by atoms with E-state index in [0.717, 1.165) is 9.99 Å². The van der Waals surface area contributed by atoms with Gasteiger partial charge in [0.15, 0.2) is 0 Å². The van der Waals surface area contributed by atoms with Gasteiger partial charge < -0.3 is 10.4 Å². The molecule has 0 heterocycles. The monoisotopic (exact) mass is 333 g/mol. The Bertz CT molecular complexity index is 418. The molecule has 0 aliphatic rings. The normalized spacial score (nSPS) is 9.88. The van der Waals surface area contributed by atoms with E-state index >= 15 is 0 Å². The van der Waals surface area contributed by atoms with E-state index in [-0.39, 0.29) is 11.5 Å². The summed E-state index contributed by atoms with van der Waals surface area (Å²) in [7, 11) is 0. The Kier molecular flexibility index (Phi) is 4.72. The lowest BCUT2D eigenvalue weighted by atomic mass is 10.2. The van der Waals surface area contributed by atoms with Crippen molar-refractivity contribution in [3.63, 3.8) is 0 Å². The van der Waals surface area contributed by atoms with E-state index in [1.54, 1.807) is 12.1 Å². The Labute approximate surface area is 107 Å². The second-order valence-electron chi connectivity index (χ2n) is 3.33. The van der Waals surface area contributed by atoms with Crippen LogP contribution in [0.25, 0.3) is 0 Å². The van der Waals surface area contributed by atoms with Crippen LogP contribution in [0.4, 0.5) is 5.69 Å². The Hall–Kier alpha value is -1.11. The number of hydrogen-bond donors (Lipinski definition) is 2. The molecule has 0 saturated heterocycles. The van der Waals surface area contributed by atoms with E-state index in [0.29, 0.717) is 12.1 Å². The van der Waals surface area contributed by atoms with Gasteiger partial charge in [0.2, 0.25) is 5.91 Å². The average molecular weight is 333 g/mol. The van der Waals surface area contributed by atoms with Gasteiger partial charge in [-0.3, -0.25) is 4.79 Å². The number of carboxylic acids is 1. The van der Waals surface area contributed by atoms with Gasteiger partial charge in [-0.2, -0.15) is 0 Å². The van der Waals surface area contributed by atoms with Gasteiger partial charge in [-0.1, -0.05) is 6.92 Å². The summed E-state index contributed by atoms with van der Waals surface area (Å²) in [6.45, 7) is 1.91. The molecule has 1 aromatic rings. The summed E-state index contributed by atoms with van der Waals surface area (Å²) < 4.78 is 0.782. The van der Waals surface area contributed by atoms with E-state index in [4.69, 9.17) is 5.11 Å². The molecule has 0 atom stereocenters. The van der Waals surface area contributed by atoms with Gasteiger partial charge in [0.1, 0.15) is 0 Å². The number of benzene rings is 1. The highest BCUT2D eigenvalue weighted by molar-refractivity contribution is 14.1. The molecule has 0 aromatic heterocycles. The highest BCUT2D eigenvalue weighted by Gasteiger charge is 2.07. The first kappa shape index (κ1) is 13.0. The minimum atomic E-state index is -0.996. The van der Waals surface area contributed by atoms with E-state index in [1.165, 1.54) is 6.07 Å². The topological polar surface area (TPSA) is 66.4 Å². The number of nitrogens with one attached hydrogen (secondary N) is 1. The lowest BCUT2D eigenvalue weighted by Gasteiger charge is -2.06. The fourth-order valence-corrected chi connectivity index (χ4v) is 1.91. The SMILES string of the molecule is CCCC(=O)Nc1cc(I)cc(C(=O)O)c1.